The van der Waals surface area contributed by atoms with Crippen molar-refractivity contribution in [3.05, 3.63) is 28.5 Å². The Morgan fingerprint density at radius 1 is 1.21 bits per heavy atom. The highest BCUT2D eigenvalue weighted by atomic mass is 35.5. The predicted molar refractivity (Wildman–Crippen MR) is 42.8 cm³/mol. The molecule has 0 spiro atoms. The quantitative estimate of drug-likeness (QED) is 0.376. The van der Waals surface area contributed by atoms with Gasteiger partial charge in [0.15, 0.2) is 0 Å². The second-order valence-electron chi connectivity index (χ2n) is 2.35. The van der Waals surface area contributed by atoms with Crippen molar-refractivity contribution in [2.75, 3.05) is 0 Å². The van der Waals surface area contributed by atoms with Crippen LogP contribution < -0.4 is 4.73 Å². The van der Waals surface area contributed by atoms with Crippen molar-refractivity contribution in [1.29, 1.82) is 0 Å². The summed E-state index contributed by atoms with van der Waals surface area (Å²) in [5, 5.41) is 25.7. The van der Waals surface area contributed by atoms with Gasteiger partial charge in [-0.3, -0.25) is 5.21 Å². The number of aromatic nitrogens is 1. The Morgan fingerprint density at radius 3 is 2.21 bits per heavy atom. The van der Waals surface area contributed by atoms with Gasteiger partial charge in [0, 0.05) is 10.8 Å². The molecule has 3 N–H and O–H groups in total. The van der Waals surface area contributed by atoms with Crippen LogP contribution in [-0.4, -0.2) is 27.4 Å². The summed E-state index contributed by atoms with van der Waals surface area (Å²) in [5.41, 5.74) is -0.890. The van der Waals surface area contributed by atoms with Crippen LogP contribution in [0.25, 0.3) is 0 Å². The minimum absolute atomic E-state index is 0.105. The molecule has 14 heavy (non-hydrogen) atoms. The van der Waals surface area contributed by atoms with Crippen LogP contribution in [0.15, 0.2) is 12.1 Å². The maximum Gasteiger partial charge on any atom is 0.406 e. The summed E-state index contributed by atoms with van der Waals surface area (Å²) in [7, 11) is 0. The summed E-state index contributed by atoms with van der Waals surface area (Å²) >= 11 is 5.41. The topological polar surface area (TPSA) is 98.7 Å². The molecule has 0 amide bonds. The molecule has 0 fully saturated rings. The first kappa shape index (κ1) is 10.3. The van der Waals surface area contributed by atoms with Crippen molar-refractivity contribution < 1.29 is 29.7 Å². The molecule has 0 saturated carbocycles. The number of hydrogen-bond acceptors (Lipinski definition) is 3. The Bertz CT molecular complexity index is 378. The largest absolute Gasteiger partial charge is 0.477 e. The highest BCUT2D eigenvalue weighted by Gasteiger charge is 2.27. The third-order valence-electron chi connectivity index (χ3n) is 1.49. The summed E-state index contributed by atoms with van der Waals surface area (Å²) in [6, 6.07) is 1.94. The second-order valence-corrected chi connectivity index (χ2v) is 2.70. The molecule has 0 unspecified atom stereocenters. The van der Waals surface area contributed by atoms with Gasteiger partial charge in [-0.05, 0) is 17.7 Å². The SMILES string of the molecule is O=C(O)c1ccc(C(=O)O)[n+](O)c1Cl. The lowest BCUT2D eigenvalue weighted by atomic mass is 10.2. The number of aromatic carboxylic acids is 2. The Kier molecular flexibility index (Phi) is 2.57. The van der Waals surface area contributed by atoms with Gasteiger partial charge in [0.05, 0.1) is 0 Å². The Balaban J connectivity index is 3.41. The molecule has 1 aromatic heterocycles. The first-order valence-corrected chi connectivity index (χ1v) is 3.73. The predicted octanol–water partition coefficient (Wildman–Crippen LogP) is 0.261. The maximum atomic E-state index is 10.5. The summed E-state index contributed by atoms with van der Waals surface area (Å²) in [6.45, 7) is 0. The molecular weight excluding hydrogens is 214 g/mol. The molecule has 1 rings (SSSR count). The molecule has 0 saturated heterocycles. The zero-order chi connectivity index (χ0) is 10.9. The van der Waals surface area contributed by atoms with Gasteiger partial charge in [-0.2, -0.15) is 0 Å². The van der Waals surface area contributed by atoms with Gasteiger partial charge in [0.2, 0.25) is 0 Å². The van der Waals surface area contributed by atoms with Gasteiger partial charge in [-0.25, -0.2) is 9.59 Å². The molecule has 0 aliphatic rings. The van der Waals surface area contributed by atoms with Gasteiger partial charge in [0.1, 0.15) is 5.56 Å². The van der Waals surface area contributed by atoms with E-state index in [1.807, 2.05) is 0 Å². The van der Waals surface area contributed by atoms with Crippen molar-refractivity contribution in [1.82, 2.24) is 0 Å². The number of hydrogen-bond donors (Lipinski definition) is 3. The molecule has 0 bridgehead atoms. The van der Waals surface area contributed by atoms with Crippen molar-refractivity contribution >= 4 is 23.5 Å². The summed E-state index contributed by atoms with van der Waals surface area (Å²) in [6.07, 6.45) is 0. The molecule has 0 aliphatic heterocycles. The lowest BCUT2D eigenvalue weighted by molar-refractivity contribution is -0.904. The molecule has 6 nitrogen and oxygen atoms in total. The Hall–Kier alpha value is -1.82. The van der Waals surface area contributed by atoms with E-state index in [2.05, 4.69) is 0 Å². The van der Waals surface area contributed by atoms with Crippen LogP contribution >= 0.6 is 11.6 Å². The number of carboxylic acids is 2. The van der Waals surface area contributed by atoms with E-state index in [4.69, 9.17) is 27.0 Å². The van der Waals surface area contributed by atoms with Gasteiger partial charge in [0.25, 0.3) is 0 Å². The lowest BCUT2D eigenvalue weighted by Crippen LogP contribution is -2.40. The number of pyridine rings is 1. The fraction of sp³-hybridized carbons (Fsp3) is 0. The van der Waals surface area contributed by atoms with E-state index in [1.165, 1.54) is 0 Å². The highest BCUT2D eigenvalue weighted by molar-refractivity contribution is 6.31. The third kappa shape index (κ3) is 1.60. The number of carboxylic acid groups (broad SMARTS) is 2. The standard InChI is InChI=1S/C7H4ClNO5/c8-5-3(6(10)11)1-2-4(7(12)13)9(5)14/h1-2H,(H2-,10,11,12,13,14)/p+1. The van der Waals surface area contributed by atoms with Crippen LogP contribution in [0.2, 0.25) is 5.15 Å². The van der Waals surface area contributed by atoms with Gasteiger partial charge >= 0.3 is 22.8 Å². The molecule has 0 aromatic carbocycles. The first-order valence-electron chi connectivity index (χ1n) is 3.35. The van der Waals surface area contributed by atoms with E-state index >= 15 is 0 Å². The van der Waals surface area contributed by atoms with Crippen molar-refractivity contribution in [2.24, 2.45) is 0 Å². The van der Waals surface area contributed by atoms with Crippen molar-refractivity contribution in [3.8, 4) is 0 Å². The first-order chi connectivity index (χ1) is 6.45. The molecule has 0 aliphatic carbocycles. The third-order valence-corrected chi connectivity index (χ3v) is 1.86. The van der Waals surface area contributed by atoms with E-state index in [0.717, 1.165) is 12.1 Å². The highest BCUT2D eigenvalue weighted by Crippen LogP contribution is 2.11. The lowest BCUT2D eigenvalue weighted by Gasteiger charge is -1.96. The summed E-state index contributed by atoms with van der Waals surface area (Å²) < 4.78 is 0.105. The zero-order valence-corrected chi connectivity index (χ0v) is 7.39. The van der Waals surface area contributed by atoms with Crippen LogP contribution in [-0.2, 0) is 0 Å². The molecule has 74 valence electrons. The van der Waals surface area contributed by atoms with Crippen LogP contribution in [0.3, 0.4) is 0 Å². The van der Waals surface area contributed by atoms with E-state index in [9.17, 15) is 9.59 Å². The summed E-state index contributed by atoms with van der Waals surface area (Å²) in [5.74, 6) is -2.76. The molecule has 7 heteroatoms. The fourth-order valence-corrected chi connectivity index (χ4v) is 1.08. The Labute approximate surface area is 82.6 Å². The van der Waals surface area contributed by atoms with Crippen LogP contribution in [0.4, 0.5) is 0 Å². The number of nitrogens with zero attached hydrogens (tertiary/aromatic N) is 1. The number of halogens is 1. The minimum Gasteiger partial charge on any atom is -0.477 e. The second kappa shape index (κ2) is 3.51. The van der Waals surface area contributed by atoms with E-state index < -0.39 is 22.8 Å². The minimum atomic E-state index is -1.41. The number of carbonyl (C=O) groups is 2. The summed E-state index contributed by atoms with van der Waals surface area (Å²) in [4.78, 5) is 21.0. The smallest absolute Gasteiger partial charge is 0.406 e. The molecular formula is C7H5ClNO5+. The van der Waals surface area contributed by atoms with Gasteiger partial charge in [-0.1, -0.05) is 0 Å². The van der Waals surface area contributed by atoms with E-state index in [1.54, 1.807) is 0 Å². The monoisotopic (exact) mass is 218 g/mol. The van der Waals surface area contributed by atoms with Crippen molar-refractivity contribution in [3.63, 3.8) is 0 Å². The molecule has 0 atom stereocenters. The van der Waals surface area contributed by atoms with Crippen LogP contribution in [0, 0.1) is 0 Å². The zero-order valence-electron chi connectivity index (χ0n) is 6.64. The molecule has 0 radical (unpaired) electrons. The average molecular weight is 219 g/mol. The molecule has 1 heterocycles. The Morgan fingerprint density at radius 2 is 1.79 bits per heavy atom. The van der Waals surface area contributed by atoms with Crippen LogP contribution in [0.1, 0.15) is 20.8 Å². The van der Waals surface area contributed by atoms with E-state index in [0.29, 0.717) is 0 Å². The van der Waals surface area contributed by atoms with E-state index in [-0.39, 0.29) is 10.3 Å². The fourth-order valence-electron chi connectivity index (χ4n) is 0.843. The van der Waals surface area contributed by atoms with Gasteiger partial charge in [-0.15, -0.1) is 0 Å². The number of rotatable bonds is 2. The normalized spacial score (nSPS) is 9.79. The van der Waals surface area contributed by atoms with Gasteiger partial charge < -0.3 is 10.2 Å². The van der Waals surface area contributed by atoms with Crippen LogP contribution in [0.5, 0.6) is 0 Å². The maximum absolute atomic E-state index is 10.5. The average Bonchev–Trinajstić information content (AvgIpc) is 2.08. The van der Waals surface area contributed by atoms with Crippen molar-refractivity contribution in [2.45, 2.75) is 0 Å². The molecule has 1 aromatic rings.